The Morgan fingerprint density at radius 3 is 2.50 bits per heavy atom. The minimum absolute atomic E-state index is 0.0349. The molecule has 0 saturated heterocycles. The summed E-state index contributed by atoms with van der Waals surface area (Å²) in [7, 11) is 1.76. The van der Waals surface area contributed by atoms with Gasteiger partial charge in [0.25, 0.3) is 0 Å². The number of hydrogen-bond donors (Lipinski definition) is 2. The van der Waals surface area contributed by atoms with E-state index < -0.39 is 0 Å². The van der Waals surface area contributed by atoms with Crippen molar-refractivity contribution in [3.05, 3.63) is 11.3 Å². The fourth-order valence-corrected chi connectivity index (χ4v) is 1.60. The average molecular weight is 254 g/mol. The third-order valence-electron chi connectivity index (χ3n) is 2.30. The lowest BCUT2D eigenvalue weighted by Gasteiger charge is -2.19. The number of aryl methyl sites for hydroxylation is 2. The highest BCUT2D eigenvalue weighted by atomic mass is 16.5. The minimum atomic E-state index is -0.185. The van der Waals surface area contributed by atoms with Gasteiger partial charge in [0.1, 0.15) is 18.0 Å². The highest BCUT2D eigenvalue weighted by Gasteiger charge is 2.17. The summed E-state index contributed by atoms with van der Waals surface area (Å²) in [5.74, 6) is 0.477. The van der Waals surface area contributed by atoms with Crippen molar-refractivity contribution < 1.29 is 9.47 Å². The molecular weight excluding hydrogens is 232 g/mol. The van der Waals surface area contributed by atoms with Gasteiger partial charge in [-0.3, -0.25) is 5.41 Å². The first-order valence-electron chi connectivity index (χ1n) is 5.87. The first-order valence-corrected chi connectivity index (χ1v) is 5.87. The molecule has 1 aromatic heterocycles. The Labute approximate surface area is 108 Å². The molecule has 0 amide bonds. The maximum Gasteiger partial charge on any atom is 0.223 e. The monoisotopic (exact) mass is 254 g/mol. The van der Waals surface area contributed by atoms with E-state index in [1.807, 2.05) is 20.8 Å². The van der Waals surface area contributed by atoms with Crippen LogP contribution in [0.4, 0.5) is 0 Å². The van der Waals surface area contributed by atoms with Gasteiger partial charge in [-0.05, 0) is 27.7 Å². The van der Waals surface area contributed by atoms with Crippen molar-refractivity contribution in [1.82, 2.24) is 9.78 Å². The van der Waals surface area contributed by atoms with Gasteiger partial charge in [-0.15, -0.1) is 0 Å². The lowest BCUT2D eigenvalue weighted by molar-refractivity contribution is -0.0172. The van der Waals surface area contributed by atoms with Gasteiger partial charge in [-0.1, -0.05) is 0 Å². The van der Waals surface area contributed by atoms with Crippen molar-refractivity contribution in [3.63, 3.8) is 0 Å². The molecule has 0 aromatic carbocycles. The van der Waals surface area contributed by atoms with Gasteiger partial charge >= 0.3 is 0 Å². The van der Waals surface area contributed by atoms with Crippen LogP contribution < -0.4 is 10.5 Å². The van der Waals surface area contributed by atoms with E-state index in [4.69, 9.17) is 20.6 Å². The number of nitrogens with one attached hydrogen (secondary N) is 1. The molecule has 0 saturated carbocycles. The molecule has 0 fully saturated rings. The van der Waals surface area contributed by atoms with Crippen LogP contribution in [0, 0.1) is 12.3 Å². The fourth-order valence-electron chi connectivity index (χ4n) is 1.60. The number of nitrogens with two attached hydrogens (primary N) is 1. The number of nitrogens with zero attached hydrogens (tertiary/aromatic N) is 2. The van der Waals surface area contributed by atoms with Crippen LogP contribution in [0.2, 0.25) is 0 Å². The van der Waals surface area contributed by atoms with E-state index in [1.165, 1.54) is 0 Å². The summed E-state index contributed by atoms with van der Waals surface area (Å²) in [6.07, 6.45) is 0. The third-order valence-corrected chi connectivity index (χ3v) is 2.30. The molecule has 1 aromatic rings. The molecule has 6 heteroatoms. The largest absolute Gasteiger partial charge is 0.475 e. The Balaban J connectivity index is 2.65. The van der Waals surface area contributed by atoms with E-state index in [2.05, 4.69) is 5.10 Å². The zero-order valence-corrected chi connectivity index (χ0v) is 11.7. The topological polar surface area (TPSA) is 86.2 Å². The standard InChI is InChI=1S/C12H22N4O2/c1-8-9(10(13)14)11(16(5)15-8)17-6-7-18-12(2,3)4/h6-7H2,1-5H3,(H3,13,14). The van der Waals surface area contributed by atoms with Crippen LogP contribution in [0.1, 0.15) is 32.0 Å². The second-order valence-electron chi connectivity index (χ2n) is 5.11. The van der Waals surface area contributed by atoms with Gasteiger partial charge in [0.2, 0.25) is 5.88 Å². The lowest BCUT2D eigenvalue weighted by Crippen LogP contribution is -2.23. The fraction of sp³-hybridized carbons (Fsp3) is 0.667. The average Bonchev–Trinajstić information content (AvgIpc) is 2.46. The molecule has 18 heavy (non-hydrogen) atoms. The second-order valence-corrected chi connectivity index (χ2v) is 5.11. The van der Waals surface area contributed by atoms with E-state index in [1.54, 1.807) is 18.7 Å². The Bertz CT molecular complexity index is 432. The number of aromatic nitrogens is 2. The Hall–Kier alpha value is -1.56. The molecule has 6 nitrogen and oxygen atoms in total. The molecule has 0 aliphatic carbocycles. The highest BCUT2D eigenvalue weighted by molar-refractivity contribution is 5.98. The zero-order chi connectivity index (χ0) is 13.9. The summed E-state index contributed by atoms with van der Waals surface area (Å²) < 4.78 is 12.7. The summed E-state index contributed by atoms with van der Waals surface area (Å²) in [6, 6.07) is 0. The predicted molar refractivity (Wildman–Crippen MR) is 70.2 cm³/mol. The number of rotatable bonds is 5. The molecule has 1 heterocycles. The Morgan fingerprint density at radius 2 is 2.00 bits per heavy atom. The van der Waals surface area contributed by atoms with E-state index in [0.29, 0.717) is 30.4 Å². The van der Waals surface area contributed by atoms with Crippen LogP contribution >= 0.6 is 0 Å². The molecular formula is C12H22N4O2. The first-order chi connectivity index (χ1) is 8.22. The molecule has 0 radical (unpaired) electrons. The van der Waals surface area contributed by atoms with E-state index >= 15 is 0 Å². The molecule has 1 rings (SSSR count). The zero-order valence-electron chi connectivity index (χ0n) is 11.7. The minimum Gasteiger partial charge on any atom is -0.475 e. The predicted octanol–water partition coefficient (Wildman–Crippen LogP) is 1.21. The molecule has 3 N–H and O–H groups in total. The maximum absolute atomic E-state index is 7.52. The number of amidine groups is 1. The van der Waals surface area contributed by atoms with Gasteiger partial charge in [0.15, 0.2) is 0 Å². The van der Waals surface area contributed by atoms with Crippen LogP contribution in [-0.2, 0) is 11.8 Å². The van der Waals surface area contributed by atoms with Gasteiger partial charge < -0.3 is 15.2 Å². The van der Waals surface area contributed by atoms with Gasteiger partial charge in [0.05, 0.1) is 17.9 Å². The Kier molecular flexibility index (Phi) is 4.34. The summed E-state index contributed by atoms with van der Waals surface area (Å²) in [6.45, 7) is 8.64. The maximum atomic E-state index is 7.52. The van der Waals surface area contributed by atoms with Crippen molar-refractivity contribution in [2.24, 2.45) is 12.8 Å². The van der Waals surface area contributed by atoms with Crippen molar-refractivity contribution in [3.8, 4) is 5.88 Å². The third kappa shape index (κ3) is 3.73. The summed E-state index contributed by atoms with van der Waals surface area (Å²) in [4.78, 5) is 0. The summed E-state index contributed by atoms with van der Waals surface area (Å²) >= 11 is 0. The summed E-state index contributed by atoms with van der Waals surface area (Å²) in [5.41, 5.74) is 6.58. The lowest BCUT2D eigenvalue weighted by atomic mass is 10.2. The Morgan fingerprint density at radius 1 is 1.39 bits per heavy atom. The first kappa shape index (κ1) is 14.5. The quantitative estimate of drug-likeness (QED) is 0.470. The van der Waals surface area contributed by atoms with Crippen LogP contribution in [0.15, 0.2) is 0 Å². The van der Waals surface area contributed by atoms with E-state index in [-0.39, 0.29) is 11.4 Å². The van der Waals surface area contributed by atoms with Crippen LogP contribution in [0.3, 0.4) is 0 Å². The van der Waals surface area contributed by atoms with E-state index in [0.717, 1.165) is 0 Å². The smallest absolute Gasteiger partial charge is 0.223 e. The summed E-state index contributed by atoms with van der Waals surface area (Å²) in [5, 5.41) is 11.7. The number of hydrogen-bond acceptors (Lipinski definition) is 4. The second kappa shape index (κ2) is 5.39. The van der Waals surface area contributed by atoms with E-state index in [9.17, 15) is 0 Å². The molecule has 0 aliphatic rings. The van der Waals surface area contributed by atoms with Crippen molar-refractivity contribution in [2.75, 3.05) is 13.2 Å². The molecule has 0 atom stereocenters. The van der Waals surface area contributed by atoms with Crippen LogP contribution in [0.5, 0.6) is 5.88 Å². The number of ether oxygens (including phenoxy) is 2. The normalized spacial score (nSPS) is 11.6. The highest BCUT2D eigenvalue weighted by Crippen LogP contribution is 2.20. The number of nitrogen functional groups attached to an aromatic ring is 1. The SMILES string of the molecule is Cc1nn(C)c(OCCOC(C)(C)C)c1C(=N)N. The molecule has 0 unspecified atom stereocenters. The van der Waals surface area contributed by atoms with Gasteiger partial charge in [-0.25, -0.2) is 4.68 Å². The van der Waals surface area contributed by atoms with Crippen molar-refractivity contribution in [2.45, 2.75) is 33.3 Å². The van der Waals surface area contributed by atoms with Gasteiger partial charge in [-0.2, -0.15) is 5.10 Å². The van der Waals surface area contributed by atoms with Crippen molar-refractivity contribution in [1.29, 1.82) is 5.41 Å². The van der Waals surface area contributed by atoms with Gasteiger partial charge in [0, 0.05) is 7.05 Å². The molecule has 0 aliphatic heterocycles. The molecule has 0 spiro atoms. The van der Waals surface area contributed by atoms with Crippen LogP contribution in [-0.4, -0.2) is 34.4 Å². The van der Waals surface area contributed by atoms with Crippen LogP contribution in [0.25, 0.3) is 0 Å². The van der Waals surface area contributed by atoms with Crippen molar-refractivity contribution >= 4 is 5.84 Å². The molecule has 102 valence electrons. The molecule has 0 bridgehead atoms.